The molecule has 1 aromatic heterocycles. The molecule has 0 saturated carbocycles. The molecule has 0 aliphatic carbocycles. The summed E-state index contributed by atoms with van der Waals surface area (Å²) in [6, 6.07) is 7.54. The summed E-state index contributed by atoms with van der Waals surface area (Å²) >= 11 is 7.93. The Bertz CT molecular complexity index is 701. The Morgan fingerprint density at radius 3 is 2.71 bits per heavy atom. The average Bonchev–Trinajstić information content (AvgIpc) is 2.61. The van der Waals surface area contributed by atoms with Crippen LogP contribution in [0.15, 0.2) is 52.2 Å². The molecule has 0 unspecified atom stereocenters. The van der Waals surface area contributed by atoms with Gasteiger partial charge in [0.25, 0.3) is 0 Å². The number of nitrogens with zero attached hydrogens (tertiary/aromatic N) is 4. The Balaban J connectivity index is 1.98. The number of aromatic nitrogens is 2. The maximum atomic E-state index is 6.16. The third-order valence-electron chi connectivity index (χ3n) is 3.03. The Kier molecular flexibility index (Phi) is 7.88. The molecular weight excluding hydrogens is 342 g/mol. The van der Waals surface area contributed by atoms with Gasteiger partial charge in [-0.25, -0.2) is 9.97 Å². The number of rotatable bonds is 8. The molecule has 0 atom stereocenters. The highest BCUT2D eigenvalue weighted by molar-refractivity contribution is 8.02. The summed E-state index contributed by atoms with van der Waals surface area (Å²) in [6.45, 7) is 2.66. The molecule has 0 radical (unpaired) electrons. The van der Waals surface area contributed by atoms with Gasteiger partial charge in [-0.1, -0.05) is 36.7 Å². The van der Waals surface area contributed by atoms with Crippen molar-refractivity contribution < 1.29 is 0 Å². The van der Waals surface area contributed by atoms with Crippen molar-refractivity contribution in [3.05, 3.63) is 58.5 Å². The van der Waals surface area contributed by atoms with E-state index in [-0.39, 0.29) is 0 Å². The van der Waals surface area contributed by atoms with Crippen LogP contribution in [0.4, 0.5) is 11.4 Å². The van der Waals surface area contributed by atoms with E-state index in [4.69, 9.17) is 17.3 Å². The number of hydrogen-bond acceptors (Lipinski definition) is 6. The lowest BCUT2D eigenvalue weighted by Gasteiger charge is -2.00. The molecule has 0 amide bonds. The molecule has 1 aromatic carbocycles. The molecule has 5 nitrogen and oxygen atoms in total. The van der Waals surface area contributed by atoms with Crippen LogP contribution in [0.1, 0.15) is 24.7 Å². The Morgan fingerprint density at radius 1 is 1.25 bits per heavy atom. The van der Waals surface area contributed by atoms with Crippen molar-refractivity contribution in [1.82, 2.24) is 9.97 Å². The number of allylic oxidation sites excluding steroid dienone is 1. The van der Waals surface area contributed by atoms with Gasteiger partial charge in [-0.2, -0.15) is 5.11 Å². The largest absolute Gasteiger partial charge is 0.326 e. The zero-order valence-corrected chi connectivity index (χ0v) is 15.1. The lowest BCUT2D eigenvalue weighted by atomic mass is 10.2. The maximum absolute atomic E-state index is 6.16. The number of nitrogens with two attached hydrogens (primary N) is 1. The van der Waals surface area contributed by atoms with Crippen molar-refractivity contribution in [2.24, 2.45) is 16.0 Å². The summed E-state index contributed by atoms with van der Waals surface area (Å²) in [5.41, 5.74) is 7.79. The summed E-state index contributed by atoms with van der Waals surface area (Å²) in [4.78, 5) is 8.52. The number of hydrogen-bond donors (Lipinski definition) is 1. The summed E-state index contributed by atoms with van der Waals surface area (Å²) in [5.74, 6) is 1.78. The van der Waals surface area contributed by atoms with Gasteiger partial charge in [0.05, 0.1) is 11.9 Å². The van der Waals surface area contributed by atoms with E-state index in [0.29, 0.717) is 29.6 Å². The molecular formula is C17H20ClN5S. The molecule has 0 fully saturated rings. The molecule has 0 aliphatic heterocycles. The average molecular weight is 362 g/mol. The second-order valence-corrected chi connectivity index (χ2v) is 6.35. The molecule has 7 heteroatoms. The van der Waals surface area contributed by atoms with Crippen molar-refractivity contribution in [3.8, 4) is 0 Å². The van der Waals surface area contributed by atoms with Gasteiger partial charge >= 0.3 is 0 Å². The monoisotopic (exact) mass is 361 g/mol. The third-order valence-corrected chi connectivity index (χ3v) is 4.34. The van der Waals surface area contributed by atoms with Gasteiger partial charge in [-0.05, 0) is 35.3 Å². The summed E-state index contributed by atoms with van der Waals surface area (Å²) in [5, 5.41) is 10.6. The van der Waals surface area contributed by atoms with Crippen LogP contribution >= 0.6 is 23.4 Å². The van der Waals surface area contributed by atoms with E-state index in [9.17, 15) is 0 Å². The van der Waals surface area contributed by atoms with E-state index in [1.807, 2.05) is 30.3 Å². The topological polar surface area (TPSA) is 76.5 Å². The highest BCUT2D eigenvalue weighted by atomic mass is 35.5. The quantitative estimate of drug-likeness (QED) is 0.398. The predicted octanol–water partition coefficient (Wildman–Crippen LogP) is 5.20. The van der Waals surface area contributed by atoms with E-state index in [2.05, 4.69) is 32.5 Å². The van der Waals surface area contributed by atoms with E-state index >= 15 is 0 Å². The first-order valence-corrected chi connectivity index (χ1v) is 9.14. The highest BCUT2D eigenvalue weighted by Crippen LogP contribution is 2.24. The van der Waals surface area contributed by atoms with Crippen LogP contribution in [0.5, 0.6) is 0 Å². The fraction of sp³-hybridized carbons (Fsp3) is 0.294. The molecule has 2 aromatic rings. The van der Waals surface area contributed by atoms with Gasteiger partial charge in [-0.15, -0.1) is 16.9 Å². The molecule has 0 saturated heterocycles. The molecule has 2 rings (SSSR count). The standard InChI is InChI=1S/C17H20ClN5S/c1-2-9-24-10-3-4-16-20-12-15(17(18)21-16)23-22-14-7-5-13(11-19)6-8-14/h3,5-8,10,12H,2,4,9,11,19H2,1H3. The molecule has 2 N–H and O–H groups in total. The highest BCUT2D eigenvalue weighted by Gasteiger charge is 2.03. The number of halogens is 1. The maximum Gasteiger partial charge on any atom is 0.160 e. The smallest absolute Gasteiger partial charge is 0.160 e. The van der Waals surface area contributed by atoms with Crippen molar-refractivity contribution in [3.63, 3.8) is 0 Å². The van der Waals surface area contributed by atoms with Crippen molar-refractivity contribution >= 4 is 34.7 Å². The van der Waals surface area contributed by atoms with E-state index < -0.39 is 0 Å². The van der Waals surface area contributed by atoms with Gasteiger partial charge in [0, 0.05) is 13.0 Å². The normalized spacial score (nSPS) is 11.6. The van der Waals surface area contributed by atoms with Crippen molar-refractivity contribution in [2.75, 3.05) is 5.75 Å². The first kappa shape index (κ1) is 18.6. The third kappa shape index (κ3) is 6.03. The second-order valence-electron chi connectivity index (χ2n) is 4.98. The predicted molar refractivity (Wildman–Crippen MR) is 101 cm³/mol. The molecule has 1 heterocycles. The molecule has 126 valence electrons. The lowest BCUT2D eigenvalue weighted by Crippen LogP contribution is -1.94. The van der Waals surface area contributed by atoms with Crippen LogP contribution in [0.3, 0.4) is 0 Å². The summed E-state index contributed by atoms with van der Waals surface area (Å²) in [7, 11) is 0. The van der Waals surface area contributed by atoms with E-state index in [0.717, 1.165) is 23.4 Å². The zero-order valence-electron chi connectivity index (χ0n) is 13.5. The minimum atomic E-state index is 0.303. The van der Waals surface area contributed by atoms with E-state index in [1.165, 1.54) is 0 Å². The minimum absolute atomic E-state index is 0.303. The Morgan fingerprint density at radius 2 is 2.04 bits per heavy atom. The SMILES string of the molecule is CCCSC=CCc1ncc(N=Nc2ccc(CN)cc2)c(Cl)n1. The zero-order chi connectivity index (χ0) is 17.2. The molecule has 0 aliphatic rings. The van der Waals surface area contributed by atoms with Crippen LogP contribution in [-0.2, 0) is 13.0 Å². The van der Waals surface area contributed by atoms with Crippen molar-refractivity contribution in [1.29, 1.82) is 0 Å². The molecule has 0 spiro atoms. The lowest BCUT2D eigenvalue weighted by molar-refractivity contribution is 0.982. The van der Waals surface area contributed by atoms with Gasteiger partial charge in [0.2, 0.25) is 0 Å². The fourth-order valence-electron chi connectivity index (χ4n) is 1.77. The molecule has 0 bridgehead atoms. The van der Waals surface area contributed by atoms with Gasteiger partial charge < -0.3 is 5.73 Å². The van der Waals surface area contributed by atoms with E-state index in [1.54, 1.807) is 18.0 Å². The number of benzene rings is 1. The number of thioether (sulfide) groups is 1. The minimum Gasteiger partial charge on any atom is -0.326 e. The first-order valence-electron chi connectivity index (χ1n) is 7.71. The van der Waals surface area contributed by atoms with Crippen LogP contribution in [0.25, 0.3) is 0 Å². The second kappa shape index (κ2) is 10.2. The Hall–Kier alpha value is -1.76. The van der Waals surface area contributed by atoms with Crippen molar-refractivity contribution in [2.45, 2.75) is 26.3 Å². The van der Waals surface area contributed by atoms with Gasteiger partial charge in [-0.3, -0.25) is 0 Å². The number of azo groups is 1. The van der Waals surface area contributed by atoms with Crippen LogP contribution in [-0.4, -0.2) is 15.7 Å². The van der Waals surface area contributed by atoms with Crippen LogP contribution in [0, 0.1) is 0 Å². The van der Waals surface area contributed by atoms with Crippen LogP contribution < -0.4 is 5.73 Å². The fourth-order valence-corrected chi connectivity index (χ4v) is 2.56. The summed E-state index contributed by atoms with van der Waals surface area (Å²) in [6.07, 6.45) is 5.43. The van der Waals surface area contributed by atoms with Gasteiger partial charge in [0.1, 0.15) is 11.5 Å². The molecule has 24 heavy (non-hydrogen) atoms. The van der Waals surface area contributed by atoms with Crippen LogP contribution in [0.2, 0.25) is 5.15 Å². The first-order chi connectivity index (χ1) is 11.7. The summed E-state index contributed by atoms with van der Waals surface area (Å²) < 4.78 is 0. The van der Waals surface area contributed by atoms with Gasteiger partial charge in [0.15, 0.2) is 5.15 Å². The Labute approximate surface area is 151 Å².